The molecule has 1 rings (SSSR count). The van der Waals surface area contributed by atoms with Gasteiger partial charge in [-0.1, -0.05) is 0 Å². The number of nitrogens with two attached hydrogens (primary N) is 1. The van der Waals surface area contributed by atoms with Crippen molar-refractivity contribution in [3.63, 3.8) is 0 Å². The Labute approximate surface area is 110 Å². The van der Waals surface area contributed by atoms with Crippen molar-refractivity contribution < 1.29 is 24.2 Å². The molecular formula is C11H19N3O5. The van der Waals surface area contributed by atoms with Crippen LogP contribution < -0.4 is 16.4 Å². The number of urea groups is 1. The van der Waals surface area contributed by atoms with Crippen molar-refractivity contribution >= 4 is 17.9 Å². The lowest BCUT2D eigenvalue weighted by molar-refractivity contribution is -0.149. The molecule has 0 saturated carbocycles. The SMILES string of the molecule is CC(C)(NC(=O)NCC1CCC(C(=O)O)O1)C(N)=O. The van der Waals surface area contributed by atoms with E-state index in [4.69, 9.17) is 15.6 Å². The fourth-order valence-electron chi connectivity index (χ4n) is 1.63. The molecule has 1 heterocycles. The number of primary amides is 1. The van der Waals surface area contributed by atoms with Crippen molar-refractivity contribution in [3.05, 3.63) is 0 Å². The van der Waals surface area contributed by atoms with Crippen molar-refractivity contribution in [3.8, 4) is 0 Å². The van der Waals surface area contributed by atoms with Crippen LogP contribution in [-0.4, -0.2) is 47.3 Å². The Kier molecular flexibility index (Phi) is 4.71. The molecule has 1 saturated heterocycles. The number of amides is 3. The van der Waals surface area contributed by atoms with Crippen molar-refractivity contribution in [2.24, 2.45) is 5.73 Å². The molecule has 108 valence electrons. The first-order valence-electron chi connectivity index (χ1n) is 5.96. The molecule has 8 heteroatoms. The number of carbonyl (C=O) groups excluding carboxylic acids is 2. The summed E-state index contributed by atoms with van der Waals surface area (Å²) in [6.45, 7) is 3.16. The zero-order valence-electron chi connectivity index (χ0n) is 10.9. The van der Waals surface area contributed by atoms with Crippen LogP contribution in [0, 0.1) is 0 Å². The van der Waals surface area contributed by atoms with E-state index >= 15 is 0 Å². The van der Waals surface area contributed by atoms with E-state index in [9.17, 15) is 14.4 Å². The van der Waals surface area contributed by atoms with Gasteiger partial charge in [0, 0.05) is 6.54 Å². The zero-order valence-corrected chi connectivity index (χ0v) is 10.9. The second-order valence-corrected chi connectivity index (χ2v) is 4.99. The quantitative estimate of drug-likeness (QED) is 0.520. The molecule has 0 bridgehead atoms. The molecule has 0 aromatic rings. The second kappa shape index (κ2) is 5.87. The Morgan fingerprint density at radius 3 is 2.47 bits per heavy atom. The Morgan fingerprint density at radius 2 is 2.00 bits per heavy atom. The zero-order chi connectivity index (χ0) is 14.6. The first kappa shape index (κ1) is 15.2. The Hall–Kier alpha value is -1.83. The van der Waals surface area contributed by atoms with Crippen molar-refractivity contribution in [2.45, 2.75) is 44.4 Å². The van der Waals surface area contributed by atoms with Gasteiger partial charge in [-0.05, 0) is 26.7 Å². The highest BCUT2D eigenvalue weighted by atomic mass is 16.5. The largest absolute Gasteiger partial charge is 0.479 e. The molecule has 1 aliphatic rings. The van der Waals surface area contributed by atoms with E-state index in [1.807, 2.05) is 0 Å². The Bertz CT molecular complexity index is 383. The first-order chi connectivity index (χ1) is 8.72. The maximum absolute atomic E-state index is 11.5. The highest BCUT2D eigenvalue weighted by Crippen LogP contribution is 2.19. The maximum Gasteiger partial charge on any atom is 0.332 e. The van der Waals surface area contributed by atoms with Gasteiger partial charge in [-0.3, -0.25) is 4.79 Å². The summed E-state index contributed by atoms with van der Waals surface area (Å²) in [6, 6.07) is -0.550. The van der Waals surface area contributed by atoms with Crippen LogP contribution >= 0.6 is 0 Å². The van der Waals surface area contributed by atoms with Crippen LogP contribution in [0.4, 0.5) is 4.79 Å². The summed E-state index contributed by atoms with van der Waals surface area (Å²) in [5, 5.41) is 13.7. The molecule has 0 aliphatic carbocycles. The molecule has 2 atom stereocenters. The van der Waals surface area contributed by atoms with Gasteiger partial charge < -0.3 is 26.2 Å². The van der Waals surface area contributed by atoms with Gasteiger partial charge in [-0.25, -0.2) is 9.59 Å². The van der Waals surface area contributed by atoms with Crippen LogP contribution in [0.3, 0.4) is 0 Å². The van der Waals surface area contributed by atoms with E-state index in [2.05, 4.69) is 10.6 Å². The van der Waals surface area contributed by atoms with E-state index in [0.29, 0.717) is 12.8 Å². The van der Waals surface area contributed by atoms with Gasteiger partial charge in [0.2, 0.25) is 5.91 Å². The van der Waals surface area contributed by atoms with Crippen molar-refractivity contribution in [1.29, 1.82) is 0 Å². The maximum atomic E-state index is 11.5. The summed E-state index contributed by atoms with van der Waals surface area (Å²) < 4.78 is 5.22. The minimum absolute atomic E-state index is 0.185. The lowest BCUT2D eigenvalue weighted by Crippen LogP contribution is -2.56. The summed E-state index contributed by atoms with van der Waals surface area (Å²) >= 11 is 0. The fourth-order valence-corrected chi connectivity index (χ4v) is 1.63. The number of aliphatic carboxylic acids is 1. The summed E-state index contributed by atoms with van der Waals surface area (Å²) in [5.74, 6) is -1.65. The number of nitrogens with one attached hydrogen (secondary N) is 2. The van der Waals surface area contributed by atoms with Gasteiger partial charge in [0.1, 0.15) is 5.54 Å². The van der Waals surface area contributed by atoms with Gasteiger partial charge in [-0.2, -0.15) is 0 Å². The average molecular weight is 273 g/mol. The van der Waals surface area contributed by atoms with Crippen LogP contribution in [0.15, 0.2) is 0 Å². The van der Waals surface area contributed by atoms with E-state index in [1.165, 1.54) is 13.8 Å². The average Bonchev–Trinajstić information content (AvgIpc) is 2.74. The predicted molar refractivity (Wildman–Crippen MR) is 65.3 cm³/mol. The van der Waals surface area contributed by atoms with Crippen molar-refractivity contribution in [2.75, 3.05) is 6.54 Å². The van der Waals surface area contributed by atoms with Gasteiger partial charge in [-0.15, -0.1) is 0 Å². The Morgan fingerprint density at radius 1 is 1.37 bits per heavy atom. The van der Waals surface area contributed by atoms with Gasteiger partial charge in [0.15, 0.2) is 6.10 Å². The molecule has 0 aromatic heterocycles. The summed E-state index contributed by atoms with van der Waals surface area (Å²) in [5.41, 5.74) is 3.97. The first-order valence-corrected chi connectivity index (χ1v) is 5.96. The van der Waals surface area contributed by atoms with Crippen LogP contribution in [0.5, 0.6) is 0 Å². The minimum Gasteiger partial charge on any atom is -0.479 e. The molecule has 0 aromatic carbocycles. The van der Waals surface area contributed by atoms with Gasteiger partial charge >= 0.3 is 12.0 Å². The molecular weight excluding hydrogens is 254 g/mol. The summed E-state index contributed by atoms with van der Waals surface area (Å²) in [7, 11) is 0. The number of carboxylic acid groups (broad SMARTS) is 1. The van der Waals surface area contributed by atoms with Crippen LogP contribution in [0.25, 0.3) is 0 Å². The third-order valence-corrected chi connectivity index (χ3v) is 2.92. The van der Waals surface area contributed by atoms with Crippen LogP contribution in [0.1, 0.15) is 26.7 Å². The smallest absolute Gasteiger partial charge is 0.332 e. The molecule has 8 nitrogen and oxygen atoms in total. The van der Waals surface area contributed by atoms with E-state index in [-0.39, 0.29) is 12.6 Å². The third kappa shape index (κ3) is 4.40. The molecule has 5 N–H and O–H groups in total. The molecule has 1 fully saturated rings. The molecule has 0 radical (unpaired) electrons. The standard InChI is InChI=1S/C11H19N3O5/c1-11(2,9(12)17)14-10(18)13-5-6-3-4-7(19-6)8(15)16/h6-7H,3-5H2,1-2H3,(H2,12,17)(H,15,16)(H2,13,14,18). The molecule has 2 unspecified atom stereocenters. The molecule has 1 aliphatic heterocycles. The number of carboxylic acids is 1. The number of hydrogen-bond donors (Lipinski definition) is 4. The van der Waals surface area contributed by atoms with Crippen LogP contribution in [0.2, 0.25) is 0 Å². The summed E-state index contributed by atoms with van der Waals surface area (Å²) in [4.78, 5) is 33.2. The number of rotatable bonds is 5. The molecule has 3 amide bonds. The molecule has 0 spiro atoms. The van der Waals surface area contributed by atoms with E-state index < -0.39 is 29.6 Å². The number of ether oxygens (including phenoxy) is 1. The van der Waals surface area contributed by atoms with E-state index in [1.54, 1.807) is 0 Å². The minimum atomic E-state index is -1.15. The predicted octanol–water partition coefficient (Wildman–Crippen LogP) is -0.818. The second-order valence-electron chi connectivity index (χ2n) is 4.99. The normalized spacial score (nSPS) is 22.8. The lowest BCUT2D eigenvalue weighted by Gasteiger charge is -2.23. The topological polar surface area (TPSA) is 131 Å². The van der Waals surface area contributed by atoms with Gasteiger partial charge in [0.05, 0.1) is 6.10 Å². The lowest BCUT2D eigenvalue weighted by atomic mass is 10.1. The Balaban J connectivity index is 2.32. The summed E-state index contributed by atoms with van der Waals surface area (Å²) in [6.07, 6.45) is -0.146. The van der Waals surface area contributed by atoms with Gasteiger partial charge in [0.25, 0.3) is 0 Å². The molecule has 19 heavy (non-hydrogen) atoms. The highest BCUT2D eigenvalue weighted by molar-refractivity contribution is 5.89. The number of carbonyl (C=O) groups is 3. The number of hydrogen-bond acceptors (Lipinski definition) is 4. The van der Waals surface area contributed by atoms with E-state index in [0.717, 1.165) is 0 Å². The van der Waals surface area contributed by atoms with Crippen molar-refractivity contribution in [1.82, 2.24) is 10.6 Å². The monoisotopic (exact) mass is 273 g/mol. The van der Waals surface area contributed by atoms with Crippen LogP contribution in [-0.2, 0) is 14.3 Å². The highest BCUT2D eigenvalue weighted by Gasteiger charge is 2.31. The third-order valence-electron chi connectivity index (χ3n) is 2.92. The fraction of sp³-hybridized carbons (Fsp3) is 0.727.